The molecule has 0 spiro atoms. The molecule has 0 aromatic heterocycles. The number of nitrogens with one attached hydrogen (secondary N) is 1. The molecular weight excluding hydrogens is 146 g/mol. The topological polar surface area (TPSA) is 12.0 Å². The summed E-state index contributed by atoms with van der Waals surface area (Å²) in [6, 6.07) is 0. The summed E-state index contributed by atoms with van der Waals surface area (Å²) in [5, 5.41) is 3.55. The Bertz CT molecular complexity index is 158. The van der Waals surface area contributed by atoms with Crippen molar-refractivity contribution >= 4 is 0 Å². The first-order valence-electron chi connectivity index (χ1n) is 5.44. The average Bonchev–Trinajstić information content (AvgIpc) is 2.42. The summed E-state index contributed by atoms with van der Waals surface area (Å²) in [7, 11) is 0. The summed E-state index contributed by atoms with van der Waals surface area (Å²) in [5.41, 5.74) is 0.767. The van der Waals surface area contributed by atoms with E-state index in [2.05, 4.69) is 19.2 Å². The maximum Gasteiger partial charge on any atom is -0.00177 e. The van der Waals surface area contributed by atoms with Gasteiger partial charge in [-0.15, -0.1) is 0 Å². The van der Waals surface area contributed by atoms with E-state index in [4.69, 9.17) is 0 Å². The lowest BCUT2D eigenvalue weighted by molar-refractivity contribution is 0.163. The fourth-order valence-corrected chi connectivity index (χ4v) is 3.21. The molecule has 3 aliphatic rings. The van der Waals surface area contributed by atoms with Gasteiger partial charge in [-0.3, -0.25) is 0 Å². The van der Waals surface area contributed by atoms with Gasteiger partial charge in [0, 0.05) is 0 Å². The molecule has 0 aromatic rings. The van der Waals surface area contributed by atoms with Gasteiger partial charge in [-0.25, -0.2) is 0 Å². The zero-order chi connectivity index (χ0) is 8.60. The van der Waals surface area contributed by atoms with Gasteiger partial charge in [0.15, 0.2) is 0 Å². The highest BCUT2D eigenvalue weighted by Crippen LogP contribution is 2.61. The van der Waals surface area contributed by atoms with Crippen LogP contribution in [-0.4, -0.2) is 13.1 Å². The van der Waals surface area contributed by atoms with E-state index in [1.165, 1.54) is 38.8 Å². The van der Waals surface area contributed by atoms with Gasteiger partial charge in [0.25, 0.3) is 0 Å². The highest BCUT2D eigenvalue weighted by molar-refractivity contribution is 5.03. The molecule has 0 saturated heterocycles. The Morgan fingerprint density at radius 3 is 2.58 bits per heavy atom. The van der Waals surface area contributed by atoms with Gasteiger partial charge in [0.2, 0.25) is 0 Å². The predicted octanol–water partition coefficient (Wildman–Crippen LogP) is 2.42. The molecule has 1 atom stereocenters. The molecule has 70 valence electrons. The van der Waals surface area contributed by atoms with E-state index in [9.17, 15) is 0 Å². The van der Waals surface area contributed by atoms with Crippen molar-refractivity contribution in [3.8, 4) is 0 Å². The van der Waals surface area contributed by atoms with Gasteiger partial charge >= 0.3 is 0 Å². The number of rotatable bonds is 4. The lowest BCUT2D eigenvalue weighted by atomic mass is 9.71. The molecule has 2 bridgehead atoms. The van der Waals surface area contributed by atoms with E-state index in [0.29, 0.717) is 0 Å². The SMILES string of the molecule is CCCNCC1CC2(C)CC1C2. The van der Waals surface area contributed by atoms with Crippen LogP contribution in [0.4, 0.5) is 0 Å². The van der Waals surface area contributed by atoms with Gasteiger partial charge < -0.3 is 5.32 Å². The van der Waals surface area contributed by atoms with E-state index in [1.807, 2.05) is 0 Å². The van der Waals surface area contributed by atoms with E-state index >= 15 is 0 Å². The van der Waals surface area contributed by atoms with Crippen LogP contribution in [-0.2, 0) is 0 Å². The van der Waals surface area contributed by atoms with Crippen LogP contribution in [0.15, 0.2) is 0 Å². The molecule has 1 nitrogen and oxygen atoms in total. The molecule has 0 heterocycles. The first-order chi connectivity index (χ1) is 5.73. The Labute approximate surface area is 75.9 Å². The summed E-state index contributed by atoms with van der Waals surface area (Å²) < 4.78 is 0. The summed E-state index contributed by atoms with van der Waals surface area (Å²) >= 11 is 0. The third-order valence-corrected chi connectivity index (χ3v) is 3.76. The van der Waals surface area contributed by atoms with Gasteiger partial charge in [0.05, 0.1) is 0 Å². The van der Waals surface area contributed by atoms with Gasteiger partial charge in [-0.2, -0.15) is 0 Å². The second-order valence-corrected chi connectivity index (χ2v) is 5.15. The van der Waals surface area contributed by atoms with Crippen molar-refractivity contribution in [1.29, 1.82) is 0 Å². The quantitative estimate of drug-likeness (QED) is 0.634. The average molecular weight is 167 g/mol. The Morgan fingerprint density at radius 2 is 2.08 bits per heavy atom. The predicted molar refractivity (Wildman–Crippen MR) is 52.1 cm³/mol. The molecule has 0 radical (unpaired) electrons. The molecular formula is C11H21N. The lowest BCUT2D eigenvalue weighted by Gasteiger charge is -2.34. The number of hydrogen-bond donors (Lipinski definition) is 1. The Morgan fingerprint density at radius 1 is 1.33 bits per heavy atom. The summed E-state index contributed by atoms with van der Waals surface area (Å²) in [5.74, 6) is 2.10. The summed E-state index contributed by atoms with van der Waals surface area (Å²) in [6.45, 7) is 7.19. The lowest BCUT2D eigenvalue weighted by Crippen LogP contribution is -2.27. The van der Waals surface area contributed by atoms with Crippen LogP contribution < -0.4 is 5.32 Å². The van der Waals surface area contributed by atoms with E-state index in [0.717, 1.165) is 17.3 Å². The highest BCUT2D eigenvalue weighted by Gasteiger charge is 2.52. The molecule has 1 heteroatoms. The van der Waals surface area contributed by atoms with E-state index < -0.39 is 0 Å². The van der Waals surface area contributed by atoms with Crippen LogP contribution in [0.2, 0.25) is 0 Å². The van der Waals surface area contributed by atoms with Crippen molar-refractivity contribution in [3.05, 3.63) is 0 Å². The third-order valence-electron chi connectivity index (χ3n) is 3.76. The van der Waals surface area contributed by atoms with Crippen molar-refractivity contribution in [2.45, 2.75) is 39.5 Å². The number of fused-ring (bicyclic) bond motifs is 1. The largest absolute Gasteiger partial charge is 0.316 e. The first kappa shape index (κ1) is 8.55. The monoisotopic (exact) mass is 167 g/mol. The second kappa shape index (κ2) is 3.02. The molecule has 0 aliphatic heterocycles. The maximum absolute atomic E-state index is 3.55. The minimum atomic E-state index is 0.767. The Balaban J connectivity index is 1.70. The first-order valence-corrected chi connectivity index (χ1v) is 5.44. The van der Waals surface area contributed by atoms with Gasteiger partial charge in [-0.1, -0.05) is 13.8 Å². The third kappa shape index (κ3) is 1.39. The van der Waals surface area contributed by atoms with E-state index in [1.54, 1.807) is 0 Å². The molecule has 12 heavy (non-hydrogen) atoms. The molecule has 3 saturated carbocycles. The zero-order valence-electron chi connectivity index (χ0n) is 8.40. The molecule has 3 aliphatic carbocycles. The molecule has 0 aromatic carbocycles. The Kier molecular flexibility index (Phi) is 2.16. The van der Waals surface area contributed by atoms with Crippen LogP contribution in [0.3, 0.4) is 0 Å². The smallest absolute Gasteiger partial charge is 0.00177 e. The molecule has 3 fully saturated rings. The van der Waals surface area contributed by atoms with Crippen LogP contribution in [0.1, 0.15) is 39.5 Å². The van der Waals surface area contributed by atoms with Crippen LogP contribution in [0.5, 0.6) is 0 Å². The van der Waals surface area contributed by atoms with Crippen molar-refractivity contribution in [2.24, 2.45) is 17.3 Å². The van der Waals surface area contributed by atoms with Gasteiger partial charge in [0.1, 0.15) is 0 Å². The van der Waals surface area contributed by atoms with Crippen LogP contribution >= 0.6 is 0 Å². The summed E-state index contributed by atoms with van der Waals surface area (Å²) in [6.07, 6.45) is 5.81. The molecule has 0 amide bonds. The maximum atomic E-state index is 3.55. The van der Waals surface area contributed by atoms with Crippen molar-refractivity contribution < 1.29 is 0 Å². The fraction of sp³-hybridized carbons (Fsp3) is 1.00. The van der Waals surface area contributed by atoms with Crippen LogP contribution in [0.25, 0.3) is 0 Å². The zero-order valence-corrected chi connectivity index (χ0v) is 8.40. The van der Waals surface area contributed by atoms with Crippen LogP contribution in [0, 0.1) is 17.3 Å². The molecule has 1 unspecified atom stereocenters. The van der Waals surface area contributed by atoms with E-state index in [-0.39, 0.29) is 0 Å². The summed E-state index contributed by atoms with van der Waals surface area (Å²) in [4.78, 5) is 0. The minimum Gasteiger partial charge on any atom is -0.316 e. The van der Waals surface area contributed by atoms with Crippen molar-refractivity contribution in [1.82, 2.24) is 5.32 Å². The Hall–Kier alpha value is -0.0400. The standard InChI is InChI=1S/C11H21N/c1-3-4-12-8-10-7-11(2)5-9(10)6-11/h9-10,12H,3-8H2,1-2H3. The second-order valence-electron chi connectivity index (χ2n) is 5.15. The highest BCUT2D eigenvalue weighted by atomic mass is 14.9. The normalized spacial score (nSPS) is 44.5. The molecule has 3 rings (SSSR count). The fourth-order valence-electron chi connectivity index (χ4n) is 3.21. The minimum absolute atomic E-state index is 0.767. The van der Waals surface area contributed by atoms with Gasteiger partial charge in [-0.05, 0) is 56.0 Å². The van der Waals surface area contributed by atoms with Crippen molar-refractivity contribution in [3.63, 3.8) is 0 Å². The number of hydrogen-bond acceptors (Lipinski definition) is 1. The molecule has 1 N–H and O–H groups in total. The van der Waals surface area contributed by atoms with Crippen molar-refractivity contribution in [2.75, 3.05) is 13.1 Å².